The number of benzene rings is 2. The number of methoxy groups -OCH3 is 1. The molecule has 2 aromatic rings. The Kier molecular flexibility index (Phi) is 4.28. The average molecular weight is 308 g/mol. The summed E-state index contributed by atoms with van der Waals surface area (Å²) in [6, 6.07) is 12.3. The number of nitrogen functional groups attached to an aromatic ring is 1. The van der Waals surface area contributed by atoms with Crippen LogP contribution >= 0.6 is 0 Å². The lowest BCUT2D eigenvalue weighted by Gasteiger charge is -2.34. The van der Waals surface area contributed by atoms with Gasteiger partial charge in [0.1, 0.15) is 5.75 Å². The van der Waals surface area contributed by atoms with Crippen molar-refractivity contribution in [2.75, 3.05) is 25.9 Å². The van der Waals surface area contributed by atoms with Crippen molar-refractivity contribution < 1.29 is 4.74 Å². The maximum Gasteiger partial charge on any atom is 0.122 e. The zero-order valence-electron chi connectivity index (χ0n) is 13.9. The molecule has 0 atom stereocenters. The van der Waals surface area contributed by atoms with Gasteiger partial charge >= 0.3 is 0 Å². The zero-order chi connectivity index (χ0) is 16.4. The molecule has 23 heavy (non-hydrogen) atoms. The fourth-order valence-corrected chi connectivity index (χ4v) is 3.30. The van der Waals surface area contributed by atoms with Gasteiger partial charge in [-0.2, -0.15) is 0 Å². The van der Waals surface area contributed by atoms with Gasteiger partial charge in [-0.3, -0.25) is 0 Å². The Labute approximate surface area is 138 Å². The van der Waals surface area contributed by atoms with Crippen molar-refractivity contribution >= 4 is 11.4 Å². The molecule has 3 rings (SSSR count). The molecular formula is C20H24N2O. The van der Waals surface area contributed by atoms with E-state index in [1.807, 2.05) is 18.2 Å². The molecule has 0 fully saturated rings. The molecule has 1 aliphatic rings. The number of ether oxygens (including phenoxy) is 1. The van der Waals surface area contributed by atoms with Gasteiger partial charge in [-0.15, -0.1) is 0 Å². The van der Waals surface area contributed by atoms with E-state index in [1.165, 1.54) is 22.3 Å². The summed E-state index contributed by atoms with van der Waals surface area (Å²) in [7, 11) is 1.73. The van der Waals surface area contributed by atoms with Gasteiger partial charge < -0.3 is 15.4 Å². The normalized spacial score (nSPS) is 13.8. The van der Waals surface area contributed by atoms with E-state index >= 15 is 0 Å². The molecule has 1 aliphatic heterocycles. The predicted molar refractivity (Wildman–Crippen MR) is 96.6 cm³/mol. The first-order chi connectivity index (χ1) is 11.1. The van der Waals surface area contributed by atoms with Gasteiger partial charge in [-0.25, -0.2) is 0 Å². The van der Waals surface area contributed by atoms with E-state index in [4.69, 9.17) is 10.5 Å². The van der Waals surface area contributed by atoms with Gasteiger partial charge in [-0.05, 0) is 60.7 Å². The Hall–Kier alpha value is -2.42. The molecule has 2 N–H and O–H groups in total. The van der Waals surface area contributed by atoms with Crippen LogP contribution in [0.3, 0.4) is 0 Å². The van der Waals surface area contributed by atoms with Crippen molar-refractivity contribution in [2.24, 2.45) is 0 Å². The Morgan fingerprint density at radius 2 is 1.91 bits per heavy atom. The zero-order valence-corrected chi connectivity index (χ0v) is 13.9. The molecule has 3 nitrogen and oxygen atoms in total. The smallest absolute Gasteiger partial charge is 0.122 e. The number of hydrogen-bond acceptors (Lipinski definition) is 3. The molecule has 0 unspecified atom stereocenters. The molecule has 0 saturated heterocycles. The van der Waals surface area contributed by atoms with E-state index in [9.17, 15) is 0 Å². The average Bonchev–Trinajstić information content (AvgIpc) is 2.56. The van der Waals surface area contributed by atoms with Gasteiger partial charge in [0.15, 0.2) is 0 Å². The van der Waals surface area contributed by atoms with Gasteiger partial charge in [0, 0.05) is 30.0 Å². The Bertz CT molecular complexity index is 719. The monoisotopic (exact) mass is 308 g/mol. The second kappa shape index (κ2) is 6.37. The summed E-state index contributed by atoms with van der Waals surface area (Å²) >= 11 is 0. The fraction of sp³-hybridized carbons (Fsp3) is 0.300. The molecule has 120 valence electrons. The molecule has 0 radical (unpaired) electrons. The minimum atomic E-state index is 0.814. The summed E-state index contributed by atoms with van der Waals surface area (Å²) in [6.45, 7) is 8.45. The van der Waals surface area contributed by atoms with Crippen molar-refractivity contribution in [1.29, 1.82) is 0 Å². The van der Waals surface area contributed by atoms with Gasteiger partial charge in [0.2, 0.25) is 0 Å². The minimum Gasteiger partial charge on any atom is -0.496 e. The second-order valence-corrected chi connectivity index (χ2v) is 6.09. The summed E-state index contributed by atoms with van der Waals surface area (Å²) in [5.41, 5.74) is 12.9. The van der Waals surface area contributed by atoms with Crippen LogP contribution in [0.1, 0.15) is 22.3 Å². The number of anilines is 1. The molecule has 0 aromatic heterocycles. The number of rotatable bonds is 4. The third-order valence-corrected chi connectivity index (χ3v) is 4.74. The van der Waals surface area contributed by atoms with Crippen LogP contribution in [0.2, 0.25) is 0 Å². The summed E-state index contributed by atoms with van der Waals surface area (Å²) in [5.74, 6) is 0.965. The second-order valence-electron chi connectivity index (χ2n) is 6.09. The summed E-state index contributed by atoms with van der Waals surface area (Å²) in [6.07, 6.45) is 2.04. The van der Waals surface area contributed by atoms with Gasteiger partial charge in [0.25, 0.3) is 0 Å². The number of fused-ring (bicyclic) bond motifs is 1. The highest BCUT2D eigenvalue weighted by atomic mass is 16.5. The van der Waals surface area contributed by atoms with Crippen LogP contribution in [-0.2, 0) is 12.8 Å². The van der Waals surface area contributed by atoms with Crippen LogP contribution in [-0.4, -0.2) is 25.1 Å². The quantitative estimate of drug-likeness (QED) is 0.876. The van der Waals surface area contributed by atoms with Crippen LogP contribution in [0.15, 0.2) is 43.0 Å². The van der Waals surface area contributed by atoms with E-state index in [-0.39, 0.29) is 0 Å². The van der Waals surface area contributed by atoms with E-state index in [0.717, 1.165) is 43.1 Å². The molecule has 0 saturated carbocycles. The van der Waals surface area contributed by atoms with E-state index in [0.29, 0.717) is 0 Å². The standard InChI is InChI=1S/C20H24N2O/c1-14-18-11-13-22(12-10-16-4-6-17(21)7-5-16)15(2)19(18)8-9-20(14)23-3/h4-9H,2,10-13,21H2,1,3H3. The van der Waals surface area contributed by atoms with Crippen LogP contribution in [0.5, 0.6) is 5.75 Å². The maximum absolute atomic E-state index is 5.74. The van der Waals surface area contributed by atoms with Crippen molar-refractivity contribution in [1.82, 2.24) is 4.90 Å². The van der Waals surface area contributed by atoms with Crippen molar-refractivity contribution in [3.05, 3.63) is 65.2 Å². The number of nitrogens with two attached hydrogens (primary N) is 1. The molecular weight excluding hydrogens is 284 g/mol. The van der Waals surface area contributed by atoms with Crippen LogP contribution in [0.4, 0.5) is 5.69 Å². The Morgan fingerprint density at radius 3 is 2.61 bits per heavy atom. The molecule has 0 bridgehead atoms. The molecule has 0 spiro atoms. The largest absolute Gasteiger partial charge is 0.496 e. The lowest BCUT2D eigenvalue weighted by atomic mass is 9.92. The highest BCUT2D eigenvalue weighted by molar-refractivity contribution is 5.69. The summed E-state index contributed by atoms with van der Waals surface area (Å²) in [4.78, 5) is 2.38. The maximum atomic E-state index is 5.74. The third kappa shape index (κ3) is 3.04. The first-order valence-corrected chi connectivity index (χ1v) is 8.05. The van der Waals surface area contributed by atoms with E-state index in [1.54, 1.807) is 7.11 Å². The van der Waals surface area contributed by atoms with Crippen LogP contribution in [0.25, 0.3) is 5.70 Å². The number of hydrogen-bond donors (Lipinski definition) is 1. The third-order valence-electron chi connectivity index (χ3n) is 4.74. The van der Waals surface area contributed by atoms with Crippen LogP contribution in [0, 0.1) is 6.92 Å². The highest BCUT2D eigenvalue weighted by Gasteiger charge is 2.22. The SMILES string of the molecule is C=C1c2ccc(OC)c(C)c2CCN1CCc1ccc(N)cc1. The molecule has 0 aliphatic carbocycles. The van der Waals surface area contributed by atoms with E-state index < -0.39 is 0 Å². The van der Waals surface area contributed by atoms with Gasteiger partial charge in [0.05, 0.1) is 7.11 Å². The molecule has 2 aromatic carbocycles. The predicted octanol–water partition coefficient (Wildman–Crippen LogP) is 3.66. The number of nitrogens with zero attached hydrogens (tertiary/aromatic N) is 1. The summed E-state index contributed by atoms with van der Waals surface area (Å²) in [5, 5.41) is 0. The topological polar surface area (TPSA) is 38.5 Å². The van der Waals surface area contributed by atoms with Gasteiger partial charge in [-0.1, -0.05) is 18.7 Å². The highest BCUT2D eigenvalue weighted by Crippen LogP contribution is 2.33. The molecule has 0 amide bonds. The van der Waals surface area contributed by atoms with Crippen molar-refractivity contribution in [2.45, 2.75) is 19.8 Å². The first kappa shape index (κ1) is 15.5. The van der Waals surface area contributed by atoms with Crippen molar-refractivity contribution in [3.8, 4) is 5.75 Å². The van der Waals surface area contributed by atoms with Crippen LogP contribution < -0.4 is 10.5 Å². The minimum absolute atomic E-state index is 0.814. The fourth-order valence-electron chi connectivity index (χ4n) is 3.30. The Morgan fingerprint density at radius 1 is 1.17 bits per heavy atom. The summed E-state index contributed by atoms with van der Waals surface area (Å²) < 4.78 is 5.43. The Balaban J connectivity index is 1.73. The van der Waals surface area contributed by atoms with Crippen molar-refractivity contribution in [3.63, 3.8) is 0 Å². The molecule has 3 heteroatoms. The lowest BCUT2D eigenvalue weighted by molar-refractivity contribution is 0.389. The molecule has 1 heterocycles. The first-order valence-electron chi connectivity index (χ1n) is 8.05. The lowest BCUT2D eigenvalue weighted by Crippen LogP contribution is -2.31. The van der Waals surface area contributed by atoms with E-state index in [2.05, 4.69) is 36.6 Å².